The van der Waals surface area contributed by atoms with E-state index >= 15 is 0 Å². The Morgan fingerprint density at radius 2 is 1.84 bits per heavy atom. The van der Waals surface area contributed by atoms with E-state index in [9.17, 15) is 9.59 Å². The van der Waals surface area contributed by atoms with Crippen molar-refractivity contribution >= 4 is 34.3 Å². The van der Waals surface area contributed by atoms with Gasteiger partial charge in [-0.1, -0.05) is 60.3 Å². The van der Waals surface area contributed by atoms with Crippen molar-refractivity contribution in [3.63, 3.8) is 0 Å². The van der Waals surface area contributed by atoms with Crippen LogP contribution in [0.3, 0.4) is 0 Å². The van der Waals surface area contributed by atoms with Crippen LogP contribution in [0.25, 0.3) is 16.7 Å². The van der Waals surface area contributed by atoms with E-state index in [1.54, 1.807) is 16.7 Å². The molecule has 0 fully saturated rings. The fourth-order valence-electron chi connectivity index (χ4n) is 3.67. The van der Waals surface area contributed by atoms with Crippen molar-refractivity contribution in [2.45, 2.75) is 38.1 Å². The summed E-state index contributed by atoms with van der Waals surface area (Å²) in [6.45, 7) is 8.66. The molecule has 0 saturated heterocycles. The standard InChI is InChI=1S/C24H25N5O2S/c1-4-14-27-22(31)19-12-8-9-13-20(19)29-23(27)25-26-24(29)32-16-21(30)28(17(2)3)15-18-10-6-5-7-11-18/h4-13,17H,1,14-16H2,2-3H3. The van der Waals surface area contributed by atoms with Crippen LogP contribution in [-0.4, -0.2) is 41.8 Å². The summed E-state index contributed by atoms with van der Waals surface area (Å²) < 4.78 is 3.39. The molecule has 0 bridgehead atoms. The van der Waals surface area contributed by atoms with Crippen molar-refractivity contribution in [1.82, 2.24) is 24.1 Å². The molecule has 0 aliphatic heterocycles. The van der Waals surface area contributed by atoms with Crippen molar-refractivity contribution in [3.05, 3.63) is 83.2 Å². The van der Waals surface area contributed by atoms with Gasteiger partial charge >= 0.3 is 0 Å². The lowest BCUT2D eigenvalue weighted by Gasteiger charge is -2.26. The molecule has 0 saturated carbocycles. The summed E-state index contributed by atoms with van der Waals surface area (Å²) in [5, 5.41) is 9.70. The number of fused-ring (bicyclic) bond motifs is 3. The van der Waals surface area contributed by atoms with Crippen LogP contribution in [0.4, 0.5) is 0 Å². The fraction of sp³-hybridized carbons (Fsp3) is 0.250. The summed E-state index contributed by atoms with van der Waals surface area (Å²) in [4.78, 5) is 27.9. The lowest BCUT2D eigenvalue weighted by molar-refractivity contribution is -0.130. The highest BCUT2D eigenvalue weighted by Gasteiger charge is 2.21. The van der Waals surface area contributed by atoms with E-state index in [0.29, 0.717) is 29.4 Å². The zero-order valence-corrected chi connectivity index (χ0v) is 19.0. The first-order valence-corrected chi connectivity index (χ1v) is 11.4. The third kappa shape index (κ3) is 4.18. The van der Waals surface area contributed by atoms with Crippen molar-refractivity contribution in [3.8, 4) is 0 Å². The second-order valence-corrected chi connectivity index (χ2v) is 8.67. The molecular formula is C24H25N5O2S. The lowest BCUT2D eigenvalue weighted by Crippen LogP contribution is -2.37. The average Bonchev–Trinajstić information content (AvgIpc) is 3.23. The molecule has 8 heteroatoms. The predicted octanol–water partition coefficient (Wildman–Crippen LogP) is 3.76. The van der Waals surface area contributed by atoms with Gasteiger partial charge in [-0.15, -0.1) is 16.8 Å². The Bertz CT molecular complexity index is 1330. The number of hydrogen-bond acceptors (Lipinski definition) is 5. The highest BCUT2D eigenvalue weighted by molar-refractivity contribution is 7.99. The Kier molecular flexibility index (Phi) is 6.41. The molecule has 7 nitrogen and oxygen atoms in total. The number of nitrogens with zero attached hydrogens (tertiary/aromatic N) is 5. The Labute approximate surface area is 190 Å². The Morgan fingerprint density at radius 1 is 1.12 bits per heavy atom. The van der Waals surface area contributed by atoms with Crippen LogP contribution >= 0.6 is 11.8 Å². The van der Waals surface area contributed by atoms with Crippen LogP contribution in [0.2, 0.25) is 0 Å². The van der Waals surface area contributed by atoms with Gasteiger partial charge in [0.15, 0.2) is 5.16 Å². The predicted molar refractivity (Wildman–Crippen MR) is 128 cm³/mol. The SMILES string of the molecule is C=CCn1c(=O)c2ccccc2n2c(SCC(=O)N(Cc3ccccc3)C(C)C)nnc12. The van der Waals surface area contributed by atoms with Gasteiger partial charge in [0.2, 0.25) is 11.7 Å². The van der Waals surface area contributed by atoms with E-state index in [-0.39, 0.29) is 23.3 Å². The first kappa shape index (κ1) is 21.8. The third-order valence-corrected chi connectivity index (χ3v) is 6.17. The first-order valence-electron chi connectivity index (χ1n) is 10.4. The highest BCUT2D eigenvalue weighted by Crippen LogP contribution is 2.22. The van der Waals surface area contributed by atoms with Crippen molar-refractivity contribution in [1.29, 1.82) is 0 Å². The monoisotopic (exact) mass is 447 g/mol. The lowest BCUT2D eigenvalue weighted by atomic mass is 10.2. The number of carbonyl (C=O) groups is 1. The number of hydrogen-bond donors (Lipinski definition) is 0. The third-order valence-electron chi connectivity index (χ3n) is 5.25. The molecule has 4 rings (SSSR count). The number of amides is 1. The summed E-state index contributed by atoms with van der Waals surface area (Å²) in [7, 11) is 0. The zero-order chi connectivity index (χ0) is 22.7. The quantitative estimate of drug-likeness (QED) is 0.304. The summed E-state index contributed by atoms with van der Waals surface area (Å²) in [5.74, 6) is 0.684. The van der Waals surface area contributed by atoms with Gasteiger partial charge in [0.1, 0.15) is 0 Å². The molecule has 0 aliphatic rings. The van der Waals surface area contributed by atoms with E-state index in [4.69, 9.17) is 0 Å². The van der Waals surface area contributed by atoms with Crippen molar-refractivity contribution in [2.24, 2.45) is 0 Å². The molecule has 4 aromatic rings. The summed E-state index contributed by atoms with van der Waals surface area (Å²) >= 11 is 1.33. The van der Waals surface area contributed by atoms with E-state index in [0.717, 1.165) is 11.1 Å². The maximum absolute atomic E-state index is 13.1. The molecular weight excluding hydrogens is 422 g/mol. The fourth-order valence-corrected chi connectivity index (χ4v) is 4.49. The molecule has 0 radical (unpaired) electrons. The molecule has 0 spiro atoms. The van der Waals surface area contributed by atoms with E-state index < -0.39 is 0 Å². The molecule has 1 amide bonds. The molecule has 32 heavy (non-hydrogen) atoms. The Balaban J connectivity index is 1.65. The number of carbonyl (C=O) groups excluding carboxylic acids is 1. The number of thioether (sulfide) groups is 1. The number of benzene rings is 2. The van der Waals surface area contributed by atoms with Gasteiger partial charge in [0.25, 0.3) is 5.56 Å². The van der Waals surface area contributed by atoms with E-state index in [1.165, 1.54) is 11.8 Å². The molecule has 0 aliphatic carbocycles. The summed E-state index contributed by atoms with van der Waals surface area (Å²) in [5.41, 5.74) is 1.67. The highest BCUT2D eigenvalue weighted by atomic mass is 32.2. The molecule has 0 unspecified atom stereocenters. The van der Waals surface area contributed by atoms with E-state index in [1.807, 2.05) is 71.7 Å². The first-order chi connectivity index (χ1) is 15.5. The van der Waals surface area contributed by atoms with E-state index in [2.05, 4.69) is 16.8 Å². The topological polar surface area (TPSA) is 72.5 Å². The number of para-hydroxylation sites is 1. The number of allylic oxidation sites excluding steroid dienone is 1. The van der Waals surface area contributed by atoms with Gasteiger partial charge < -0.3 is 4.90 Å². The molecule has 164 valence electrons. The van der Waals surface area contributed by atoms with Gasteiger partial charge in [-0.05, 0) is 31.5 Å². The van der Waals surface area contributed by atoms with Crippen LogP contribution in [-0.2, 0) is 17.9 Å². The second-order valence-electron chi connectivity index (χ2n) is 7.73. The minimum absolute atomic E-state index is 0.0225. The number of rotatable bonds is 8. The number of aromatic nitrogens is 4. The Hall–Kier alpha value is -3.39. The van der Waals surface area contributed by atoms with Gasteiger partial charge in [-0.3, -0.25) is 18.6 Å². The van der Waals surface area contributed by atoms with Crippen LogP contribution in [0.1, 0.15) is 19.4 Å². The minimum atomic E-state index is -0.137. The second kappa shape index (κ2) is 9.40. The van der Waals surface area contributed by atoms with Gasteiger partial charge in [0, 0.05) is 19.1 Å². The minimum Gasteiger partial charge on any atom is -0.335 e. The molecule has 0 atom stereocenters. The molecule has 0 N–H and O–H groups in total. The molecule has 2 aromatic heterocycles. The van der Waals surface area contributed by atoms with Crippen LogP contribution in [0.15, 0.2) is 77.2 Å². The largest absolute Gasteiger partial charge is 0.335 e. The van der Waals surface area contributed by atoms with Crippen molar-refractivity contribution < 1.29 is 4.79 Å². The van der Waals surface area contributed by atoms with Gasteiger partial charge in [-0.2, -0.15) is 0 Å². The van der Waals surface area contributed by atoms with Crippen LogP contribution < -0.4 is 5.56 Å². The maximum Gasteiger partial charge on any atom is 0.263 e. The Morgan fingerprint density at radius 3 is 2.56 bits per heavy atom. The van der Waals surface area contributed by atoms with Gasteiger partial charge in [0.05, 0.1) is 16.7 Å². The zero-order valence-electron chi connectivity index (χ0n) is 18.1. The normalized spacial score (nSPS) is 11.3. The van der Waals surface area contributed by atoms with Crippen molar-refractivity contribution in [2.75, 3.05) is 5.75 Å². The summed E-state index contributed by atoms with van der Waals surface area (Å²) in [6, 6.07) is 17.4. The smallest absolute Gasteiger partial charge is 0.263 e. The molecule has 2 heterocycles. The van der Waals surface area contributed by atoms with Gasteiger partial charge in [-0.25, -0.2) is 0 Å². The maximum atomic E-state index is 13.1. The molecule has 2 aromatic carbocycles. The summed E-state index contributed by atoms with van der Waals surface area (Å²) in [6.07, 6.45) is 1.66. The van der Waals surface area contributed by atoms with Crippen LogP contribution in [0.5, 0.6) is 0 Å². The van der Waals surface area contributed by atoms with Crippen LogP contribution in [0, 0.1) is 0 Å². The average molecular weight is 448 g/mol.